The summed E-state index contributed by atoms with van der Waals surface area (Å²) in [6, 6.07) is 9.98. The molecular formula is C22H37NO3. The molecule has 1 aromatic carbocycles. The van der Waals surface area contributed by atoms with Crippen LogP contribution in [-0.2, 0) is 11.3 Å². The van der Waals surface area contributed by atoms with E-state index >= 15 is 0 Å². The molecule has 1 rings (SSSR count). The maximum absolute atomic E-state index is 12.6. The maximum atomic E-state index is 12.6. The summed E-state index contributed by atoms with van der Waals surface area (Å²) >= 11 is 0. The monoisotopic (exact) mass is 363 g/mol. The zero-order valence-corrected chi connectivity index (χ0v) is 17.2. The molecule has 1 amide bonds. The van der Waals surface area contributed by atoms with E-state index in [1.807, 2.05) is 51.1 Å². The fourth-order valence-electron chi connectivity index (χ4n) is 2.86. The molecule has 0 saturated carbocycles. The summed E-state index contributed by atoms with van der Waals surface area (Å²) < 4.78 is 5.57. The Morgan fingerprint density at radius 1 is 1.15 bits per heavy atom. The van der Waals surface area contributed by atoms with Gasteiger partial charge in [-0.25, -0.2) is 4.79 Å². The Morgan fingerprint density at radius 3 is 2.38 bits per heavy atom. The van der Waals surface area contributed by atoms with Gasteiger partial charge in [0.15, 0.2) is 0 Å². The number of amides is 1. The molecule has 0 heterocycles. The van der Waals surface area contributed by atoms with Crippen LogP contribution in [0.15, 0.2) is 30.3 Å². The topological polar surface area (TPSA) is 49.8 Å². The summed E-state index contributed by atoms with van der Waals surface area (Å²) in [7, 11) is 0. The van der Waals surface area contributed by atoms with Gasteiger partial charge in [0.05, 0.1) is 6.10 Å². The number of rotatable bonds is 10. The van der Waals surface area contributed by atoms with Crippen LogP contribution in [0.3, 0.4) is 0 Å². The van der Waals surface area contributed by atoms with E-state index in [0.717, 1.165) is 37.7 Å². The Hall–Kier alpha value is -1.55. The average Bonchev–Trinajstić information content (AvgIpc) is 2.58. The van der Waals surface area contributed by atoms with Crippen LogP contribution in [0.5, 0.6) is 0 Å². The Morgan fingerprint density at radius 2 is 1.81 bits per heavy atom. The Balaban J connectivity index is 2.60. The van der Waals surface area contributed by atoms with Crippen molar-refractivity contribution in [2.24, 2.45) is 5.92 Å². The molecule has 1 aromatic rings. The minimum atomic E-state index is -0.504. The summed E-state index contributed by atoms with van der Waals surface area (Å²) in [6.07, 6.45) is 4.25. The van der Waals surface area contributed by atoms with Crippen LogP contribution in [0.25, 0.3) is 0 Å². The third-order valence-corrected chi connectivity index (χ3v) is 4.47. The summed E-state index contributed by atoms with van der Waals surface area (Å²) in [6.45, 7) is 11.1. The number of hydrogen-bond donors (Lipinski definition) is 1. The highest BCUT2D eigenvalue weighted by Gasteiger charge is 2.22. The molecule has 0 bridgehead atoms. The van der Waals surface area contributed by atoms with Crippen LogP contribution in [0.2, 0.25) is 0 Å². The molecule has 0 fully saturated rings. The van der Waals surface area contributed by atoms with Crippen molar-refractivity contribution in [2.75, 3.05) is 6.54 Å². The third-order valence-electron chi connectivity index (χ3n) is 4.47. The quantitative estimate of drug-likeness (QED) is 0.606. The lowest BCUT2D eigenvalue weighted by molar-refractivity contribution is 0.0223. The molecule has 0 aliphatic heterocycles. The Labute approximate surface area is 159 Å². The van der Waals surface area contributed by atoms with Gasteiger partial charge in [0.2, 0.25) is 0 Å². The molecule has 2 unspecified atom stereocenters. The van der Waals surface area contributed by atoms with Crippen LogP contribution >= 0.6 is 0 Å². The van der Waals surface area contributed by atoms with Crippen molar-refractivity contribution in [1.29, 1.82) is 0 Å². The van der Waals surface area contributed by atoms with Crippen molar-refractivity contribution in [2.45, 2.75) is 85.0 Å². The number of carbonyl (C=O) groups is 1. The van der Waals surface area contributed by atoms with Gasteiger partial charge in [-0.3, -0.25) is 0 Å². The lowest BCUT2D eigenvalue weighted by atomic mass is 9.95. The highest BCUT2D eigenvalue weighted by atomic mass is 16.6. The van der Waals surface area contributed by atoms with Crippen LogP contribution in [0.1, 0.15) is 72.3 Å². The molecule has 0 aliphatic rings. The minimum Gasteiger partial charge on any atom is -0.444 e. The van der Waals surface area contributed by atoms with Crippen LogP contribution in [-0.4, -0.2) is 34.3 Å². The second-order valence-corrected chi connectivity index (χ2v) is 8.22. The zero-order valence-electron chi connectivity index (χ0n) is 17.2. The molecule has 4 heteroatoms. The molecule has 0 spiro atoms. The number of unbranched alkanes of at least 4 members (excludes halogenated alkanes) is 1. The molecule has 26 heavy (non-hydrogen) atoms. The van der Waals surface area contributed by atoms with E-state index < -0.39 is 5.60 Å². The number of benzene rings is 1. The molecular weight excluding hydrogens is 326 g/mol. The van der Waals surface area contributed by atoms with E-state index in [0.29, 0.717) is 13.1 Å². The second kappa shape index (κ2) is 11.2. The van der Waals surface area contributed by atoms with Gasteiger partial charge < -0.3 is 14.7 Å². The Kier molecular flexibility index (Phi) is 9.71. The van der Waals surface area contributed by atoms with Gasteiger partial charge in [-0.2, -0.15) is 0 Å². The molecule has 0 aliphatic carbocycles. The summed E-state index contributed by atoms with van der Waals surface area (Å²) in [5, 5.41) is 10.2. The summed E-state index contributed by atoms with van der Waals surface area (Å²) in [4.78, 5) is 14.3. The molecule has 0 radical (unpaired) electrons. The summed E-state index contributed by atoms with van der Waals surface area (Å²) in [5.74, 6) is 0.249. The zero-order chi connectivity index (χ0) is 19.6. The number of aliphatic hydroxyl groups excluding tert-OH is 1. The number of carbonyl (C=O) groups excluding carboxylic acids is 1. The molecule has 148 valence electrons. The van der Waals surface area contributed by atoms with Gasteiger partial charge in [0, 0.05) is 13.1 Å². The Bertz CT molecular complexity index is 510. The molecule has 0 aromatic heterocycles. The van der Waals surface area contributed by atoms with Crippen molar-refractivity contribution in [3.05, 3.63) is 35.9 Å². The number of hydrogen-bond acceptors (Lipinski definition) is 3. The second-order valence-electron chi connectivity index (χ2n) is 8.22. The fourth-order valence-corrected chi connectivity index (χ4v) is 2.86. The van der Waals surface area contributed by atoms with E-state index in [4.69, 9.17) is 4.74 Å². The van der Waals surface area contributed by atoms with Gasteiger partial charge in [-0.1, -0.05) is 57.0 Å². The number of aliphatic hydroxyl groups is 1. The molecule has 1 N–H and O–H groups in total. The van der Waals surface area contributed by atoms with Crippen molar-refractivity contribution in [3.8, 4) is 0 Å². The van der Waals surface area contributed by atoms with Crippen molar-refractivity contribution in [1.82, 2.24) is 4.90 Å². The van der Waals surface area contributed by atoms with Gasteiger partial charge in [0.1, 0.15) is 5.60 Å². The van der Waals surface area contributed by atoms with E-state index in [1.54, 1.807) is 4.90 Å². The molecule has 2 atom stereocenters. The smallest absolute Gasteiger partial charge is 0.410 e. The largest absolute Gasteiger partial charge is 0.444 e. The minimum absolute atomic E-state index is 0.249. The van der Waals surface area contributed by atoms with E-state index in [9.17, 15) is 9.90 Å². The van der Waals surface area contributed by atoms with Gasteiger partial charge in [-0.15, -0.1) is 0 Å². The highest BCUT2D eigenvalue weighted by molar-refractivity contribution is 5.68. The van der Waals surface area contributed by atoms with Gasteiger partial charge >= 0.3 is 6.09 Å². The number of ether oxygens (including phenoxy) is 1. The van der Waals surface area contributed by atoms with Crippen LogP contribution < -0.4 is 0 Å². The predicted octanol–water partition coefficient (Wildman–Crippen LogP) is 5.39. The van der Waals surface area contributed by atoms with E-state index in [1.165, 1.54) is 0 Å². The fraction of sp³-hybridized carbons (Fsp3) is 0.682. The van der Waals surface area contributed by atoms with Gasteiger partial charge in [0.25, 0.3) is 0 Å². The lowest BCUT2D eigenvalue weighted by Gasteiger charge is -2.28. The van der Waals surface area contributed by atoms with Crippen LogP contribution in [0, 0.1) is 5.92 Å². The first-order valence-corrected chi connectivity index (χ1v) is 9.93. The average molecular weight is 364 g/mol. The highest BCUT2D eigenvalue weighted by Crippen LogP contribution is 2.18. The SMILES string of the molecule is CCCCC(O)C(C)CCCN(Cc1ccccc1)C(=O)OC(C)(C)C. The maximum Gasteiger partial charge on any atom is 0.410 e. The third kappa shape index (κ3) is 9.23. The van der Waals surface area contributed by atoms with E-state index in [-0.39, 0.29) is 18.1 Å². The van der Waals surface area contributed by atoms with E-state index in [2.05, 4.69) is 13.8 Å². The van der Waals surface area contributed by atoms with Crippen molar-refractivity contribution in [3.63, 3.8) is 0 Å². The summed E-state index contributed by atoms with van der Waals surface area (Å²) in [5.41, 5.74) is 0.588. The first kappa shape index (κ1) is 22.5. The predicted molar refractivity (Wildman–Crippen MR) is 107 cm³/mol. The van der Waals surface area contributed by atoms with Crippen molar-refractivity contribution >= 4 is 6.09 Å². The first-order chi connectivity index (χ1) is 12.2. The lowest BCUT2D eigenvalue weighted by Crippen LogP contribution is -2.37. The standard InChI is InChI=1S/C22H37NO3/c1-6-7-15-20(24)18(2)12-11-16-23(21(25)26-22(3,4)5)17-19-13-9-8-10-14-19/h8-10,13-14,18,20,24H,6-7,11-12,15-17H2,1-5H3. The molecule has 4 nitrogen and oxygen atoms in total. The normalized spacial score (nSPS) is 13.9. The first-order valence-electron chi connectivity index (χ1n) is 9.93. The number of nitrogens with zero attached hydrogens (tertiary/aromatic N) is 1. The van der Waals surface area contributed by atoms with Crippen molar-refractivity contribution < 1.29 is 14.6 Å². The van der Waals surface area contributed by atoms with Crippen LogP contribution in [0.4, 0.5) is 4.79 Å². The molecule has 0 saturated heterocycles. The van der Waals surface area contributed by atoms with Gasteiger partial charge in [-0.05, 0) is 51.5 Å².